The van der Waals surface area contributed by atoms with Crippen molar-refractivity contribution in [2.75, 3.05) is 34.8 Å². The molecule has 0 aromatic carbocycles. The summed E-state index contributed by atoms with van der Waals surface area (Å²) in [5.74, 6) is 4.25. The lowest BCUT2D eigenvalue weighted by molar-refractivity contribution is 0.837. The van der Waals surface area contributed by atoms with Gasteiger partial charge >= 0.3 is 0 Å². The molecule has 1 saturated heterocycles. The lowest BCUT2D eigenvalue weighted by Gasteiger charge is -2.27. The van der Waals surface area contributed by atoms with Crippen LogP contribution in [0.2, 0.25) is 0 Å². The van der Waals surface area contributed by atoms with Crippen molar-refractivity contribution in [3.8, 4) is 11.3 Å². The van der Waals surface area contributed by atoms with Gasteiger partial charge in [-0.1, -0.05) is 6.07 Å². The van der Waals surface area contributed by atoms with Crippen LogP contribution < -0.4 is 10.2 Å². The molecular formula is C24H24N6S. The molecule has 0 spiro atoms. The summed E-state index contributed by atoms with van der Waals surface area (Å²) in [6.45, 7) is 4.80. The van der Waals surface area contributed by atoms with Gasteiger partial charge in [0.25, 0.3) is 0 Å². The van der Waals surface area contributed by atoms with Crippen LogP contribution in [0.25, 0.3) is 22.0 Å². The van der Waals surface area contributed by atoms with Gasteiger partial charge in [0.15, 0.2) is 0 Å². The molecule has 156 valence electrons. The molecular weight excluding hydrogens is 404 g/mol. The first kappa shape index (κ1) is 19.8. The first-order valence-electron chi connectivity index (χ1n) is 10.5. The zero-order valence-electron chi connectivity index (χ0n) is 17.5. The van der Waals surface area contributed by atoms with E-state index in [2.05, 4.69) is 48.4 Å². The van der Waals surface area contributed by atoms with Crippen LogP contribution in [0, 0.1) is 6.92 Å². The third kappa shape index (κ3) is 4.46. The minimum absolute atomic E-state index is 0.667. The van der Waals surface area contributed by atoms with Gasteiger partial charge in [-0.05, 0) is 48.2 Å². The number of fused-ring (bicyclic) bond motifs is 1. The number of aromatic nitrogens is 4. The van der Waals surface area contributed by atoms with Gasteiger partial charge in [-0.2, -0.15) is 11.8 Å². The van der Waals surface area contributed by atoms with Crippen molar-refractivity contribution in [2.45, 2.75) is 13.5 Å². The third-order valence-corrected chi connectivity index (χ3v) is 6.39. The van der Waals surface area contributed by atoms with E-state index in [1.807, 2.05) is 61.7 Å². The van der Waals surface area contributed by atoms with Crippen molar-refractivity contribution in [2.24, 2.45) is 0 Å². The lowest BCUT2D eigenvalue weighted by Crippen LogP contribution is -2.33. The molecule has 1 fully saturated rings. The molecule has 6 nitrogen and oxygen atoms in total. The Hall–Kier alpha value is -3.19. The maximum absolute atomic E-state index is 4.67. The fraction of sp³-hybridized carbons (Fsp3) is 0.250. The number of rotatable bonds is 5. The lowest BCUT2D eigenvalue weighted by atomic mass is 10.1. The first-order valence-corrected chi connectivity index (χ1v) is 11.6. The molecule has 0 amide bonds. The maximum atomic E-state index is 4.67. The van der Waals surface area contributed by atoms with Crippen molar-refractivity contribution in [1.82, 2.24) is 19.9 Å². The summed E-state index contributed by atoms with van der Waals surface area (Å²) in [6.07, 6.45) is 7.50. The van der Waals surface area contributed by atoms with Crippen molar-refractivity contribution in [1.29, 1.82) is 0 Å². The standard InChI is InChI=1S/C24H24N6S/c1-17-12-20(5-6-25-17)22-13-19-4-7-26-24(21(19)16-27-22)29-15-18-2-3-23(28-14-18)30-8-10-31-11-9-30/h2-7,12-14,16H,8-11,15H2,1H3,(H,26,29). The van der Waals surface area contributed by atoms with Gasteiger partial charge in [0.2, 0.25) is 0 Å². The molecule has 5 heterocycles. The minimum atomic E-state index is 0.667. The Morgan fingerprint density at radius 2 is 1.81 bits per heavy atom. The number of nitrogens with one attached hydrogen (secondary N) is 1. The van der Waals surface area contributed by atoms with E-state index in [1.54, 1.807) is 0 Å². The molecule has 31 heavy (non-hydrogen) atoms. The van der Waals surface area contributed by atoms with E-state index in [0.29, 0.717) is 6.54 Å². The Labute approximate surface area is 186 Å². The maximum Gasteiger partial charge on any atom is 0.135 e. The Morgan fingerprint density at radius 3 is 2.61 bits per heavy atom. The molecule has 0 saturated carbocycles. The Morgan fingerprint density at radius 1 is 0.935 bits per heavy atom. The highest BCUT2D eigenvalue weighted by Crippen LogP contribution is 2.26. The zero-order valence-corrected chi connectivity index (χ0v) is 18.3. The van der Waals surface area contributed by atoms with Crippen LogP contribution >= 0.6 is 11.8 Å². The Kier molecular flexibility index (Phi) is 5.67. The van der Waals surface area contributed by atoms with Gasteiger partial charge in [0.05, 0.1) is 5.69 Å². The number of pyridine rings is 4. The number of thioether (sulfide) groups is 1. The van der Waals surface area contributed by atoms with Gasteiger partial charge in [-0.15, -0.1) is 0 Å². The van der Waals surface area contributed by atoms with E-state index >= 15 is 0 Å². The summed E-state index contributed by atoms with van der Waals surface area (Å²) in [5.41, 5.74) is 4.12. The van der Waals surface area contributed by atoms with Crippen LogP contribution in [-0.2, 0) is 6.54 Å². The Bertz CT molecular complexity index is 1190. The minimum Gasteiger partial charge on any atom is -0.365 e. The predicted molar refractivity (Wildman–Crippen MR) is 129 cm³/mol. The monoisotopic (exact) mass is 428 g/mol. The molecule has 0 radical (unpaired) electrons. The quantitative estimate of drug-likeness (QED) is 0.500. The van der Waals surface area contributed by atoms with E-state index in [4.69, 9.17) is 0 Å². The number of hydrogen-bond donors (Lipinski definition) is 1. The van der Waals surface area contributed by atoms with Gasteiger partial charge < -0.3 is 10.2 Å². The molecule has 4 aromatic rings. The van der Waals surface area contributed by atoms with Crippen LogP contribution in [0.5, 0.6) is 0 Å². The molecule has 0 atom stereocenters. The molecule has 4 aromatic heterocycles. The van der Waals surface area contributed by atoms with Crippen LogP contribution in [0.15, 0.2) is 61.2 Å². The first-order chi connectivity index (χ1) is 15.3. The topological polar surface area (TPSA) is 66.8 Å². The van der Waals surface area contributed by atoms with Crippen molar-refractivity contribution >= 4 is 34.2 Å². The highest BCUT2D eigenvalue weighted by Gasteiger charge is 2.12. The fourth-order valence-corrected chi connectivity index (χ4v) is 4.66. The highest BCUT2D eigenvalue weighted by atomic mass is 32.2. The molecule has 7 heteroatoms. The Balaban J connectivity index is 1.32. The zero-order chi connectivity index (χ0) is 21.0. The average molecular weight is 429 g/mol. The molecule has 1 aliphatic heterocycles. The van der Waals surface area contributed by atoms with E-state index < -0.39 is 0 Å². The van der Waals surface area contributed by atoms with Gasteiger partial charge in [-0.3, -0.25) is 9.97 Å². The van der Waals surface area contributed by atoms with E-state index in [0.717, 1.165) is 58.0 Å². The molecule has 1 aliphatic rings. The van der Waals surface area contributed by atoms with Gasteiger partial charge in [0.1, 0.15) is 11.6 Å². The molecule has 1 N–H and O–H groups in total. The predicted octanol–water partition coefficient (Wildman–Crippen LogP) is 4.56. The largest absolute Gasteiger partial charge is 0.365 e. The van der Waals surface area contributed by atoms with Crippen LogP contribution in [0.3, 0.4) is 0 Å². The summed E-state index contributed by atoms with van der Waals surface area (Å²) >= 11 is 2.01. The third-order valence-electron chi connectivity index (χ3n) is 5.45. The van der Waals surface area contributed by atoms with Gasteiger partial charge in [0, 0.05) is 72.6 Å². The summed E-state index contributed by atoms with van der Waals surface area (Å²) in [6, 6.07) is 12.4. The van der Waals surface area contributed by atoms with Crippen LogP contribution in [-0.4, -0.2) is 44.5 Å². The second kappa shape index (κ2) is 8.89. The summed E-state index contributed by atoms with van der Waals surface area (Å²) in [5, 5.41) is 5.57. The highest BCUT2D eigenvalue weighted by molar-refractivity contribution is 7.99. The number of nitrogens with zero attached hydrogens (tertiary/aromatic N) is 5. The summed E-state index contributed by atoms with van der Waals surface area (Å²) in [7, 11) is 0. The summed E-state index contributed by atoms with van der Waals surface area (Å²) < 4.78 is 0. The van der Waals surface area contributed by atoms with Crippen LogP contribution in [0.4, 0.5) is 11.6 Å². The van der Waals surface area contributed by atoms with Gasteiger partial charge in [-0.25, -0.2) is 9.97 Å². The normalized spacial score (nSPS) is 14.0. The van der Waals surface area contributed by atoms with Crippen molar-refractivity contribution in [3.05, 3.63) is 72.4 Å². The molecule has 0 bridgehead atoms. The second-order valence-electron chi connectivity index (χ2n) is 7.61. The van der Waals surface area contributed by atoms with Crippen molar-refractivity contribution in [3.63, 3.8) is 0 Å². The second-order valence-corrected chi connectivity index (χ2v) is 8.84. The van der Waals surface area contributed by atoms with Crippen molar-refractivity contribution < 1.29 is 0 Å². The molecule has 5 rings (SSSR count). The van der Waals surface area contributed by atoms with E-state index in [9.17, 15) is 0 Å². The SMILES string of the molecule is Cc1cc(-c2cc3ccnc(NCc4ccc(N5CCSCC5)nc4)c3cn2)ccn1. The smallest absolute Gasteiger partial charge is 0.135 e. The van der Waals surface area contributed by atoms with Crippen LogP contribution in [0.1, 0.15) is 11.3 Å². The number of aryl methyl sites for hydroxylation is 1. The molecule has 0 aliphatic carbocycles. The fourth-order valence-electron chi connectivity index (χ4n) is 3.76. The number of anilines is 2. The average Bonchev–Trinajstić information content (AvgIpc) is 2.83. The van der Waals surface area contributed by atoms with E-state index in [-0.39, 0.29) is 0 Å². The summed E-state index contributed by atoms with van der Waals surface area (Å²) in [4.78, 5) is 20.5. The number of hydrogen-bond acceptors (Lipinski definition) is 7. The van der Waals surface area contributed by atoms with E-state index in [1.165, 1.54) is 11.5 Å². The molecule has 0 unspecified atom stereocenters.